The lowest BCUT2D eigenvalue weighted by Crippen LogP contribution is -2.44. The smallest absolute Gasteiger partial charge is 0.247 e. The van der Waals surface area contributed by atoms with Crippen LogP contribution in [0.3, 0.4) is 0 Å². The van der Waals surface area contributed by atoms with E-state index in [0.717, 1.165) is 31.9 Å². The Balaban J connectivity index is 1.45. The Kier molecular flexibility index (Phi) is 8.79. The number of likely N-dealkylation sites (N-methyl/N-ethyl adjacent to an activating group) is 1. The fourth-order valence-corrected chi connectivity index (χ4v) is 5.20. The van der Waals surface area contributed by atoms with Crippen molar-refractivity contribution in [3.63, 3.8) is 0 Å². The second kappa shape index (κ2) is 12.5. The predicted molar refractivity (Wildman–Crippen MR) is 159 cm³/mol. The molecule has 10 nitrogen and oxygen atoms in total. The maximum Gasteiger partial charge on any atom is 0.247 e. The molecule has 2 N–H and O–H groups in total. The zero-order valence-electron chi connectivity index (χ0n) is 22.7. The molecule has 216 valence electrons. The Morgan fingerprint density at radius 3 is 2.68 bits per heavy atom. The topological polar surface area (TPSA) is 95.1 Å². The summed E-state index contributed by atoms with van der Waals surface area (Å²) in [6, 6.07) is 8.07. The van der Waals surface area contributed by atoms with Gasteiger partial charge in [-0.15, -0.1) is 0 Å². The molecule has 2 aromatic carbocycles. The molecule has 3 heterocycles. The van der Waals surface area contributed by atoms with Gasteiger partial charge in [0.25, 0.3) is 0 Å². The van der Waals surface area contributed by atoms with Gasteiger partial charge in [-0.05, 0) is 25.3 Å². The van der Waals surface area contributed by atoms with Gasteiger partial charge >= 0.3 is 0 Å². The number of carbonyl (C=O) groups is 1. The van der Waals surface area contributed by atoms with Gasteiger partial charge in [0.05, 0.1) is 46.9 Å². The normalized spacial score (nSPS) is 17.4. The maximum atomic E-state index is 15.0. The van der Waals surface area contributed by atoms with E-state index in [-0.39, 0.29) is 16.0 Å². The highest BCUT2D eigenvalue weighted by molar-refractivity contribution is 6.42. The monoisotopic (exact) mass is 601 g/mol. The summed E-state index contributed by atoms with van der Waals surface area (Å²) in [5.41, 5.74) is 2.38. The molecular formula is C28H30Cl2FN7O3. The lowest BCUT2D eigenvalue weighted by Gasteiger charge is -2.35. The second-order valence-corrected chi connectivity index (χ2v) is 10.5. The van der Waals surface area contributed by atoms with Crippen molar-refractivity contribution < 1.29 is 18.8 Å². The van der Waals surface area contributed by atoms with Crippen molar-refractivity contribution in [1.29, 1.82) is 0 Å². The number of piperazine rings is 1. The van der Waals surface area contributed by atoms with E-state index in [2.05, 4.69) is 44.0 Å². The first-order chi connectivity index (χ1) is 19.8. The molecule has 2 aliphatic heterocycles. The van der Waals surface area contributed by atoms with Crippen LogP contribution in [0.4, 0.5) is 33.1 Å². The Hall–Kier alpha value is -3.64. The summed E-state index contributed by atoms with van der Waals surface area (Å²) < 4.78 is 20.7. The van der Waals surface area contributed by atoms with Crippen molar-refractivity contribution in [3.8, 4) is 5.75 Å². The van der Waals surface area contributed by atoms with E-state index in [4.69, 9.17) is 32.8 Å². The van der Waals surface area contributed by atoms with Crippen molar-refractivity contribution in [2.45, 2.75) is 12.5 Å². The summed E-state index contributed by atoms with van der Waals surface area (Å²) in [5.74, 6) is 0.497. The molecule has 41 heavy (non-hydrogen) atoms. The van der Waals surface area contributed by atoms with Crippen LogP contribution >= 0.6 is 23.2 Å². The van der Waals surface area contributed by atoms with Gasteiger partial charge < -0.3 is 25.2 Å². The molecule has 2 aliphatic rings. The predicted octanol–water partition coefficient (Wildman–Crippen LogP) is 5.43. The van der Waals surface area contributed by atoms with E-state index in [9.17, 15) is 9.18 Å². The number of aromatic nitrogens is 2. The zero-order chi connectivity index (χ0) is 29.1. The van der Waals surface area contributed by atoms with Gasteiger partial charge in [0.2, 0.25) is 5.91 Å². The van der Waals surface area contributed by atoms with Crippen LogP contribution in [0.25, 0.3) is 0 Å². The Bertz CT molecular complexity index is 1450. The molecule has 2 saturated heterocycles. The minimum absolute atomic E-state index is 0.132. The largest absolute Gasteiger partial charge is 0.494 e. The van der Waals surface area contributed by atoms with E-state index in [0.29, 0.717) is 47.4 Å². The van der Waals surface area contributed by atoms with Crippen LogP contribution in [0.15, 0.2) is 49.3 Å². The molecule has 13 heteroatoms. The first-order valence-electron chi connectivity index (χ1n) is 13.0. The number of ether oxygens (including phenoxy) is 1. The second-order valence-electron chi connectivity index (χ2n) is 9.67. The SMILES string of the molecule is C=CC(=O)Nc1cc(Nc2cc(N3OCC[C@@H]3c3ccc(Cl)c(Cl)c3F)ncn2)c(OC)cc1N1CCN(C)CC1. The van der Waals surface area contributed by atoms with E-state index in [1.807, 2.05) is 6.07 Å². The molecule has 0 bridgehead atoms. The fourth-order valence-electron chi connectivity index (χ4n) is 4.88. The fraction of sp³-hybridized carbons (Fsp3) is 0.321. The van der Waals surface area contributed by atoms with Crippen molar-refractivity contribution in [2.24, 2.45) is 0 Å². The Morgan fingerprint density at radius 1 is 1.17 bits per heavy atom. The third kappa shape index (κ3) is 6.18. The van der Waals surface area contributed by atoms with Crippen molar-refractivity contribution >= 4 is 57.8 Å². The molecule has 0 spiro atoms. The number of benzene rings is 2. The highest BCUT2D eigenvalue weighted by Crippen LogP contribution is 2.41. The summed E-state index contributed by atoms with van der Waals surface area (Å²) in [5, 5.41) is 7.73. The summed E-state index contributed by atoms with van der Waals surface area (Å²) in [6.45, 7) is 7.34. The lowest BCUT2D eigenvalue weighted by atomic mass is 10.0. The standard InChI is InChI=1S/C28H30Cl2FN7O3/c1-4-26(39)35-19-13-20(23(40-3)14-22(19)37-10-8-36(2)9-11-37)34-24-15-25(33-16-32-24)38-21(7-12-41-38)17-5-6-18(29)27(30)28(17)31/h4-6,13-16,21H,1,7-12H2,2-3H3,(H,35,39)(H,32,33,34)/t21-/m1/s1. The van der Waals surface area contributed by atoms with E-state index in [1.54, 1.807) is 36.4 Å². The van der Waals surface area contributed by atoms with Gasteiger partial charge in [-0.2, -0.15) is 0 Å². The van der Waals surface area contributed by atoms with E-state index >= 15 is 0 Å². The zero-order valence-corrected chi connectivity index (χ0v) is 24.2. The van der Waals surface area contributed by atoms with Crippen LogP contribution in [-0.4, -0.2) is 67.7 Å². The summed E-state index contributed by atoms with van der Waals surface area (Å²) in [4.78, 5) is 31.3. The molecule has 0 radical (unpaired) electrons. The highest BCUT2D eigenvalue weighted by atomic mass is 35.5. The van der Waals surface area contributed by atoms with Crippen molar-refractivity contribution in [1.82, 2.24) is 14.9 Å². The average molecular weight is 602 g/mol. The van der Waals surface area contributed by atoms with E-state index in [1.165, 1.54) is 12.4 Å². The molecule has 1 amide bonds. The number of amides is 1. The number of anilines is 5. The summed E-state index contributed by atoms with van der Waals surface area (Å²) in [7, 11) is 3.66. The van der Waals surface area contributed by atoms with Crippen LogP contribution in [0.5, 0.6) is 5.75 Å². The van der Waals surface area contributed by atoms with Crippen molar-refractivity contribution in [2.75, 3.05) is 67.5 Å². The van der Waals surface area contributed by atoms with Crippen LogP contribution < -0.4 is 25.3 Å². The minimum Gasteiger partial charge on any atom is -0.494 e. The third-order valence-electron chi connectivity index (χ3n) is 7.08. The van der Waals surface area contributed by atoms with Gasteiger partial charge in [0.15, 0.2) is 5.82 Å². The molecular weight excluding hydrogens is 572 g/mol. The highest BCUT2D eigenvalue weighted by Gasteiger charge is 2.32. The van der Waals surface area contributed by atoms with Gasteiger partial charge in [0.1, 0.15) is 23.7 Å². The first kappa shape index (κ1) is 28.9. The van der Waals surface area contributed by atoms with Crippen LogP contribution in [-0.2, 0) is 9.63 Å². The number of rotatable bonds is 8. The number of hydrogen-bond donors (Lipinski definition) is 2. The molecule has 0 unspecified atom stereocenters. The minimum atomic E-state index is -0.591. The third-order valence-corrected chi connectivity index (χ3v) is 7.86. The van der Waals surface area contributed by atoms with Gasteiger partial charge in [-0.1, -0.05) is 35.8 Å². The molecule has 2 fully saturated rings. The quantitative estimate of drug-likeness (QED) is 0.259. The maximum absolute atomic E-state index is 15.0. The lowest BCUT2D eigenvalue weighted by molar-refractivity contribution is -0.111. The number of halogens is 3. The van der Waals surface area contributed by atoms with Crippen LogP contribution in [0, 0.1) is 5.82 Å². The summed E-state index contributed by atoms with van der Waals surface area (Å²) >= 11 is 12.1. The molecule has 1 aromatic heterocycles. The van der Waals surface area contributed by atoms with Crippen molar-refractivity contribution in [3.05, 3.63) is 70.7 Å². The van der Waals surface area contributed by atoms with Crippen LogP contribution in [0.1, 0.15) is 18.0 Å². The number of nitrogens with zero attached hydrogens (tertiary/aromatic N) is 5. The molecule has 0 aliphatic carbocycles. The van der Waals surface area contributed by atoms with Gasteiger partial charge in [-0.3, -0.25) is 9.63 Å². The Morgan fingerprint density at radius 2 is 1.95 bits per heavy atom. The van der Waals surface area contributed by atoms with Gasteiger partial charge in [-0.25, -0.2) is 19.4 Å². The number of nitrogens with one attached hydrogen (secondary N) is 2. The first-order valence-corrected chi connectivity index (χ1v) is 13.8. The Labute approximate surface area is 247 Å². The number of hydrogen-bond acceptors (Lipinski definition) is 9. The number of methoxy groups -OCH3 is 1. The van der Waals surface area contributed by atoms with Crippen LogP contribution in [0.2, 0.25) is 10.0 Å². The molecule has 0 saturated carbocycles. The average Bonchev–Trinajstić information content (AvgIpc) is 3.46. The van der Waals surface area contributed by atoms with Gasteiger partial charge in [0, 0.05) is 50.3 Å². The molecule has 3 aromatic rings. The van der Waals surface area contributed by atoms with E-state index < -0.39 is 11.9 Å². The number of carbonyl (C=O) groups excluding carboxylic acids is 1. The molecule has 1 atom stereocenters. The molecule has 5 rings (SSSR count). The number of hydroxylamine groups is 1. The summed E-state index contributed by atoms with van der Waals surface area (Å²) in [6.07, 6.45) is 3.13.